The van der Waals surface area contributed by atoms with E-state index in [0.717, 1.165) is 22.7 Å². The van der Waals surface area contributed by atoms with Gasteiger partial charge in [0.05, 0.1) is 0 Å². The van der Waals surface area contributed by atoms with E-state index in [1.807, 2.05) is 5.57 Å². The zero-order chi connectivity index (χ0) is 9.97. The van der Waals surface area contributed by atoms with Crippen molar-refractivity contribution in [3.05, 3.63) is 11.6 Å². The zero-order valence-electron chi connectivity index (χ0n) is 9.77. The van der Waals surface area contributed by atoms with E-state index >= 15 is 0 Å². The van der Waals surface area contributed by atoms with Crippen LogP contribution in [0.1, 0.15) is 52.9 Å². The van der Waals surface area contributed by atoms with Crippen molar-refractivity contribution in [1.29, 1.82) is 0 Å². The molecule has 0 amide bonds. The minimum atomic E-state index is 0.793. The summed E-state index contributed by atoms with van der Waals surface area (Å²) >= 11 is 0. The molecular weight excluding hydrogens is 168 g/mol. The molecule has 0 heterocycles. The molecule has 4 unspecified atom stereocenters. The number of rotatable bonds is 2. The third-order valence-electron chi connectivity index (χ3n) is 5.73. The summed E-state index contributed by atoms with van der Waals surface area (Å²) in [6.07, 6.45) is 9.77. The molecule has 1 spiro atoms. The van der Waals surface area contributed by atoms with E-state index in [-0.39, 0.29) is 0 Å². The predicted molar refractivity (Wildman–Crippen MR) is 60.0 cm³/mol. The first-order valence-corrected chi connectivity index (χ1v) is 6.38. The minimum absolute atomic E-state index is 0.793. The fraction of sp³-hybridized carbons (Fsp3) is 0.857. The number of hydrogen-bond acceptors (Lipinski definition) is 0. The molecule has 0 heteroatoms. The maximum Gasteiger partial charge on any atom is -0.00761 e. The molecule has 0 aromatic carbocycles. The third kappa shape index (κ3) is 0.647. The molecule has 0 bridgehead atoms. The Labute approximate surface area is 87.8 Å². The Balaban J connectivity index is 1.93. The van der Waals surface area contributed by atoms with Crippen molar-refractivity contribution in [2.75, 3.05) is 0 Å². The second-order valence-electron chi connectivity index (χ2n) is 5.85. The molecule has 0 aliphatic heterocycles. The first-order valence-electron chi connectivity index (χ1n) is 6.38. The van der Waals surface area contributed by atoms with Crippen LogP contribution in [0.4, 0.5) is 0 Å². The van der Waals surface area contributed by atoms with Gasteiger partial charge >= 0.3 is 0 Å². The van der Waals surface area contributed by atoms with Crippen molar-refractivity contribution in [3.63, 3.8) is 0 Å². The van der Waals surface area contributed by atoms with Crippen LogP contribution in [0.25, 0.3) is 0 Å². The van der Waals surface area contributed by atoms with E-state index in [1.165, 1.54) is 32.1 Å². The minimum Gasteiger partial charge on any atom is -0.0881 e. The van der Waals surface area contributed by atoms with Gasteiger partial charge in [-0.1, -0.05) is 31.9 Å². The monoisotopic (exact) mass is 190 g/mol. The summed E-state index contributed by atoms with van der Waals surface area (Å²) in [5, 5.41) is 0. The fourth-order valence-electron chi connectivity index (χ4n) is 5.41. The molecule has 0 saturated heterocycles. The molecule has 0 radical (unpaired) electrons. The second kappa shape index (κ2) is 2.46. The number of fused-ring (bicyclic) bond motifs is 1. The van der Waals surface area contributed by atoms with Crippen LogP contribution < -0.4 is 0 Å². The van der Waals surface area contributed by atoms with Crippen LogP contribution in [-0.4, -0.2) is 0 Å². The summed E-state index contributed by atoms with van der Waals surface area (Å²) in [4.78, 5) is 0. The van der Waals surface area contributed by atoms with E-state index in [1.54, 1.807) is 0 Å². The van der Waals surface area contributed by atoms with E-state index in [0.29, 0.717) is 0 Å². The van der Waals surface area contributed by atoms with E-state index < -0.39 is 0 Å². The Bertz CT molecular complexity index is 301. The molecule has 3 aliphatic rings. The van der Waals surface area contributed by atoms with Gasteiger partial charge < -0.3 is 0 Å². The van der Waals surface area contributed by atoms with Gasteiger partial charge in [0.25, 0.3) is 0 Å². The average molecular weight is 190 g/mol. The molecule has 3 fully saturated rings. The van der Waals surface area contributed by atoms with Crippen molar-refractivity contribution < 1.29 is 0 Å². The van der Waals surface area contributed by atoms with Gasteiger partial charge in [0.1, 0.15) is 0 Å². The Morgan fingerprint density at radius 1 is 1.50 bits per heavy atom. The van der Waals surface area contributed by atoms with Gasteiger partial charge in [-0.25, -0.2) is 0 Å². The van der Waals surface area contributed by atoms with Gasteiger partial charge in [0.15, 0.2) is 0 Å². The summed E-state index contributed by atoms with van der Waals surface area (Å²) in [7, 11) is 0. The first-order chi connectivity index (χ1) is 6.73. The summed E-state index contributed by atoms with van der Waals surface area (Å²) < 4.78 is 0. The van der Waals surface area contributed by atoms with Crippen LogP contribution >= 0.6 is 0 Å². The topological polar surface area (TPSA) is 0 Å². The van der Waals surface area contributed by atoms with Crippen molar-refractivity contribution in [2.45, 2.75) is 52.9 Å². The molecule has 0 aromatic rings. The van der Waals surface area contributed by atoms with Gasteiger partial charge in [-0.15, -0.1) is 0 Å². The quantitative estimate of drug-likeness (QED) is 0.573. The van der Waals surface area contributed by atoms with Crippen molar-refractivity contribution in [3.8, 4) is 0 Å². The summed E-state index contributed by atoms with van der Waals surface area (Å²) in [5.74, 6) is 2.04. The van der Waals surface area contributed by atoms with Crippen molar-refractivity contribution in [1.82, 2.24) is 0 Å². The molecule has 0 N–H and O–H groups in total. The average Bonchev–Trinajstić information content (AvgIpc) is 2.49. The summed E-state index contributed by atoms with van der Waals surface area (Å²) in [5.41, 5.74) is 3.43. The maximum atomic E-state index is 2.49. The predicted octanol–water partition coefficient (Wildman–Crippen LogP) is 4.17. The molecular formula is C14H22. The van der Waals surface area contributed by atoms with Gasteiger partial charge in [-0.2, -0.15) is 0 Å². The fourth-order valence-corrected chi connectivity index (χ4v) is 5.41. The lowest BCUT2D eigenvalue weighted by atomic mass is 9.62. The molecule has 0 aromatic heterocycles. The second-order valence-corrected chi connectivity index (χ2v) is 5.85. The maximum absolute atomic E-state index is 2.49. The first kappa shape index (κ1) is 9.00. The number of hydrogen-bond donors (Lipinski definition) is 0. The smallest absolute Gasteiger partial charge is 0.00761 e. The molecule has 3 saturated carbocycles. The van der Waals surface area contributed by atoms with Crippen LogP contribution in [0.5, 0.6) is 0 Å². The van der Waals surface area contributed by atoms with Crippen molar-refractivity contribution in [2.24, 2.45) is 22.7 Å². The lowest BCUT2D eigenvalue weighted by Crippen LogP contribution is -2.35. The van der Waals surface area contributed by atoms with E-state index in [9.17, 15) is 0 Å². The highest BCUT2D eigenvalue weighted by molar-refractivity contribution is 5.43. The molecule has 3 aliphatic carbocycles. The van der Waals surface area contributed by atoms with Crippen LogP contribution in [0, 0.1) is 22.7 Å². The Morgan fingerprint density at radius 2 is 2.29 bits per heavy atom. The molecule has 14 heavy (non-hydrogen) atoms. The summed E-state index contributed by atoms with van der Waals surface area (Å²) in [6, 6.07) is 0. The molecule has 78 valence electrons. The third-order valence-corrected chi connectivity index (χ3v) is 5.73. The standard InChI is InChI=1S/C14H22/c1-4-7-14-10(3)9-13(14)8-6-11(5-2)12(13)14/h5,10,12H,4,6-9H2,1-3H3/b11-5+. The Morgan fingerprint density at radius 3 is 2.86 bits per heavy atom. The molecule has 0 nitrogen and oxygen atoms in total. The molecule has 4 atom stereocenters. The highest BCUT2D eigenvalue weighted by atomic mass is 14.9. The summed E-state index contributed by atoms with van der Waals surface area (Å²) in [6.45, 7) is 7.10. The van der Waals surface area contributed by atoms with Gasteiger partial charge in [-0.05, 0) is 55.3 Å². The zero-order valence-corrected chi connectivity index (χ0v) is 9.77. The highest BCUT2D eigenvalue weighted by Gasteiger charge is 2.85. The van der Waals surface area contributed by atoms with Crippen LogP contribution in [0.3, 0.4) is 0 Å². The Kier molecular flexibility index (Phi) is 1.58. The Hall–Kier alpha value is -0.260. The van der Waals surface area contributed by atoms with E-state index in [4.69, 9.17) is 0 Å². The SMILES string of the molecule is C/C=C1\CCC23CC(C)C2(CCC)C13. The van der Waals surface area contributed by atoms with Crippen molar-refractivity contribution >= 4 is 0 Å². The lowest BCUT2D eigenvalue weighted by molar-refractivity contribution is 0.0672. The van der Waals surface area contributed by atoms with Crippen LogP contribution in [-0.2, 0) is 0 Å². The van der Waals surface area contributed by atoms with Gasteiger partial charge in [-0.3, -0.25) is 0 Å². The lowest BCUT2D eigenvalue weighted by Gasteiger charge is -2.43. The highest BCUT2D eigenvalue weighted by Crippen LogP contribution is 2.92. The van der Waals surface area contributed by atoms with Gasteiger partial charge in [0.2, 0.25) is 0 Å². The van der Waals surface area contributed by atoms with Crippen LogP contribution in [0.15, 0.2) is 11.6 Å². The normalized spacial score (nSPS) is 56.6. The number of allylic oxidation sites excluding steroid dienone is 2. The van der Waals surface area contributed by atoms with Gasteiger partial charge in [0, 0.05) is 0 Å². The van der Waals surface area contributed by atoms with Crippen LogP contribution in [0.2, 0.25) is 0 Å². The molecule has 3 rings (SSSR count). The van der Waals surface area contributed by atoms with E-state index in [2.05, 4.69) is 26.8 Å². The largest absolute Gasteiger partial charge is 0.0881 e.